The molecule has 0 spiro atoms. The zero-order valence-electron chi connectivity index (χ0n) is 12.0. The summed E-state index contributed by atoms with van der Waals surface area (Å²) in [6, 6.07) is 6.49. The molecular formula is C15H23NOS. The first kappa shape index (κ1) is 15.3. The standard InChI is InChI=1S/C15H23NOS/c1-11-6-7-12(2)14(8-11)15(17)9-16(4)13(3)10-18-5/h6-8,13H,9-10H2,1-5H3. The maximum absolute atomic E-state index is 12.3. The largest absolute Gasteiger partial charge is 0.295 e. The van der Waals surface area contributed by atoms with Gasteiger partial charge < -0.3 is 0 Å². The highest BCUT2D eigenvalue weighted by Crippen LogP contribution is 2.13. The van der Waals surface area contributed by atoms with E-state index in [2.05, 4.69) is 18.1 Å². The van der Waals surface area contributed by atoms with Crippen molar-refractivity contribution in [2.75, 3.05) is 25.6 Å². The number of Topliss-reactive ketones (excluding diaryl/α,β-unsaturated/α-hetero) is 1. The monoisotopic (exact) mass is 265 g/mol. The van der Waals surface area contributed by atoms with Crippen LogP contribution < -0.4 is 0 Å². The van der Waals surface area contributed by atoms with E-state index in [4.69, 9.17) is 0 Å². The number of nitrogens with zero attached hydrogens (tertiary/aromatic N) is 1. The average Bonchev–Trinajstić information content (AvgIpc) is 2.32. The predicted octanol–water partition coefficient (Wildman–Crippen LogP) is 3.17. The highest BCUT2D eigenvalue weighted by atomic mass is 32.2. The van der Waals surface area contributed by atoms with Crippen molar-refractivity contribution >= 4 is 17.5 Å². The molecule has 0 aromatic heterocycles. The number of carbonyl (C=O) groups excluding carboxylic acids is 1. The molecule has 1 aromatic rings. The summed E-state index contributed by atoms with van der Waals surface area (Å²) in [5, 5.41) is 0. The summed E-state index contributed by atoms with van der Waals surface area (Å²) < 4.78 is 0. The summed E-state index contributed by atoms with van der Waals surface area (Å²) in [6.07, 6.45) is 2.09. The van der Waals surface area contributed by atoms with Crippen LogP contribution in [0.5, 0.6) is 0 Å². The van der Waals surface area contributed by atoms with Crippen molar-refractivity contribution in [3.8, 4) is 0 Å². The van der Waals surface area contributed by atoms with E-state index >= 15 is 0 Å². The normalized spacial score (nSPS) is 12.8. The Kier molecular flexibility index (Phi) is 5.89. The minimum atomic E-state index is 0.214. The predicted molar refractivity (Wildman–Crippen MR) is 80.7 cm³/mol. The average molecular weight is 265 g/mol. The third-order valence-electron chi connectivity index (χ3n) is 3.25. The summed E-state index contributed by atoms with van der Waals surface area (Å²) in [7, 11) is 2.02. The minimum Gasteiger partial charge on any atom is -0.295 e. The highest BCUT2D eigenvalue weighted by molar-refractivity contribution is 7.98. The van der Waals surface area contributed by atoms with Crippen LogP contribution in [0.15, 0.2) is 18.2 Å². The summed E-state index contributed by atoms with van der Waals surface area (Å²) in [4.78, 5) is 14.4. The molecule has 0 bridgehead atoms. The van der Waals surface area contributed by atoms with Crippen molar-refractivity contribution in [2.45, 2.75) is 26.8 Å². The molecule has 0 heterocycles. The van der Waals surface area contributed by atoms with Crippen LogP contribution in [0.4, 0.5) is 0 Å². The van der Waals surface area contributed by atoms with E-state index in [0.29, 0.717) is 12.6 Å². The molecule has 0 saturated heterocycles. The maximum Gasteiger partial charge on any atom is 0.177 e. The number of rotatable bonds is 6. The van der Waals surface area contributed by atoms with Crippen LogP contribution in [0.1, 0.15) is 28.4 Å². The smallest absolute Gasteiger partial charge is 0.177 e. The Morgan fingerprint density at radius 2 is 2.06 bits per heavy atom. The van der Waals surface area contributed by atoms with Crippen molar-refractivity contribution in [2.24, 2.45) is 0 Å². The summed E-state index contributed by atoms with van der Waals surface area (Å²) >= 11 is 1.81. The van der Waals surface area contributed by atoms with Crippen LogP contribution in [-0.4, -0.2) is 42.3 Å². The van der Waals surface area contributed by atoms with Gasteiger partial charge in [-0.25, -0.2) is 0 Å². The Morgan fingerprint density at radius 1 is 1.39 bits per heavy atom. The van der Waals surface area contributed by atoms with Gasteiger partial charge in [0, 0.05) is 17.4 Å². The molecule has 18 heavy (non-hydrogen) atoms. The molecule has 0 amide bonds. The Labute approximate surface area is 115 Å². The second-order valence-corrected chi connectivity index (χ2v) is 5.87. The fourth-order valence-corrected chi connectivity index (χ4v) is 2.61. The van der Waals surface area contributed by atoms with Gasteiger partial charge in [0.1, 0.15) is 0 Å². The first-order valence-electron chi connectivity index (χ1n) is 6.25. The van der Waals surface area contributed by atoms with Gasteiger partial charge in [0.05, 0.1) is 6.54 Å². The number of ketones is 1. The van der Waals surface area contributed by atoms with E-state index in [-0.39, 0.29) is 5.78 Å². The molecule has 0 aliphatic heterocycles. The van der Waals surface area contributed by atoms with E-state index in [9.17, 15) is 4.79 Å². The van der Waals surface area contributed by atoms with Gasteiger partial charge in [-0.05, 0) is 45.7 Å². The van der Waals surface area contributed by atoms with Gasteiger partial charge >= 0.3 is 0 Å². The van der Waals surface area contributed by atoms with Crippen molar-refractivity contribution in [3.05, 3.63) is 34.9 Å². The van der Waals surface area contributed by atoms with E-state index in [1.165, 1.54) is 0 Å². The van der Waals surface area contributed by atoms with Crippen molar-refractivity contribution in [1.29, 1.82) is 0 Å². The Hall–Kier alpha value is -0.800. The van der Waals surface area contributed by atoms with Crippen molar-refractivity contribution < 1.29 is 4.79 Å². The lowest BCUT2D eigenvalue weighted by Crippen LogP contribution is -2.35. The van der Waals surface area contributed by atoms with Crippen molar-refractivity contribution in [1.82, 2.24) is 4.90 Å². The number of hydrogen-bond donors (Lipinski definition) is 0. The van der Waals surface area contributed by atoms with Gasteiger partial charge in [0.2, 0.25) is 0 Å². The first-order chi connectivity index (χ1) is 8.45. The molecule has 100 valence electrons. The molecule has 0 fully saturated rings. The summed E-state index contributed by atoms with van der Waals surface area (Å²) in [6.45, 7) is 6.67. The van der Waals surface area contributed by atoms with Crippen LogP contribution in [0.2, 0.25) is 0 Å². The lowest BCUT2D eigenvalue weighted by molar-refractivity contribution is 0.0930. The number of thioether (sulfide) groups is 1. The molecule has 0 saturated carbocycles. The van der Waals surface area contributed by atoms with Crippen LogP contribution in [0.3, 0.4) is 0 Å². The molecule has 1 rings (SSSR count). The lowest BCUT2D eigenvalue weighted by Gasteiger charge is -2.23. The number of likely N-dealkylation sites (N-methyl/N-ethyl adjacent to an activating group) is 1. The van der Waals surface area contributed by atoms with E-state index < -0.39 is 0 Å². The molecule has 2 nitrogen and oxygen atoms in total. The van der Waals surface area contributed by atoms with E-state index in [0.717, 1.165) is 22.4 Å². The number of hydrogen-bond acceptors (Lipinski definition) is 3. The third kappa shape index (κ3) is 4.14. The van der Waals surface area contributed by atoms with Gasteiger partial charge in [0.15, 0.2) is 5.78 Å². The van der Waals surface area contributed by atoms with Crippen LogP contribution in [0, 0.1) is 13.8 Å². The quantitative estimate of drug-likeness (QED) is 0.737. The summed E-state index contributed by atoms with van der Waals surface area (Å²) in [5.41, 5.74) is 3.07. The Bertz CT molecular complexity index is 417. The van der Waals surface area contributed by atoms with Crippen LogP contribution in [-0.2, 0) is 0 Å². The fraction of sp³-hybridized carbons (Fsp3) is 0.533. The topological polar surface area (TPSA) is 20.3 Å². The van der Waals surface area contributed by atoms with E-state index in [1.54, 1.807) is 0 Å². The van der Waals surface area contributed by atoms with Gasteiger partial charge in [-0.1, -0.05) is 17.7 Å². The molecule has 0 radical (unpaired) electrons. The molecular weight excluding hydrogens is 242 g/mol. The number of aryl methyl sites for hydroxylation is 2. The molecule has 0 N–H and O–H groups in total. The maximum atomic E-state index is 12.3. The first-order valence-corrected chi connectivity index (χ1v) is 7.64. The number of benzene rings is 1. The lowest BCUT2D eigenvalue weighted by atomic mass is 10.0. The minimum absolute atomic E-state index is 0.214. The van der Waals surface area contributed by atoms with Gasteiger partial charge in [-0.3, -0.25) is 9.69 Å². The zero-order valence-corrected chi connectivity index (χ0v) is 12.8. The molecule has 1 atom stereocenters. The fourth-order valence-electron chi connectivity index (χ4n) is 1.87. The third-order valence-corrected chi connectivity index (χ3v) is 4.06. The Balaban J connectivity index is 2.73. The van der Waals surface area contributed by atoms with Crippen LogP contribution >= 0.6 is 11.8 Å². The van der Waals surface area contributed by atoms with E-state index in [1.807, 2.05) is 50.9 Å². The zero-order chi connectivity index (χ0) is 13.7. The Morgan fingerprint density at radius 3 is 2.67 bits per heavy atom. The van der Waals surface area contributed by atoms with Gasteiger partial charge in [-0.2, -0.15) is 11.8 Å². The van der Waals surface area contributed by atoms with Gasteiger partial charge in [-0.15, -0.1) is 0 Å². The SMILES string of the molecule is CSCC(C)N(C)CC(=O)c1cc(C)ccc1C. The highest BCUT2D eigenvalue weighted by Gasteiger charge is 2.15. The second-order valence-electron chi connectivity index (χ2n) is 4.96. The van der Waals surface area contributed by atoms with Gasteiger partial charge in [0.25, 0.3) is 0 Å². The molecule has 3 heteroatoms. The molecule has 1 aromatic carbocycles. The molecule has 0 aliphatic rings. The summed E-state index contributed by atoms with van der Waals surface area (Å²) in [5.74, 6) is 1.27. The molecule has 1 unspecified atom stereocenters. The number of carbonyl (C=O) groups is 1. The second kappa shape index (κ2) is 6.95. The van der Waals surface area contributed by atoms with Crippen LogP contribution in [0.25, 0.3) is 0 Å². The molecule has 0 aliphatic carbocycles. The van der Waals surface area contributed by atoms with Crippen molar-refractivity contribution in [3.63, 3.8) is 0 Å².